The molecule has 0 saturated heterocycles. The lowest BCUT2D eigenvalue weighted by molar-refractivity contribution is 0.314. The van der Waals surface area contributed by atoms with E-state index >= 15 is 0 Å². The van der Waals surface area contributed by atoms with Crippen LogP contribution in [0.2, 0.25) is 0 Å². The molecule has 0 unspecified atom stereocenters. The normalized spacial score (nSPS) is 10.8. The second-order valence-corrected chi connectivity index (χ2v) is 4.65. The number of hydrogen-bond acceptors (Lipinski definition) is 5. The van der Waals surface area contributed by atoms with Gasteiger partial charge in [-0.15, -0.1) is 0 Å². The molecular weight excluding hydrogens is 317 g/mol. The SMILES string of the molecule is Nc1ccc(Oc2ccc(Br)c(F)c2)c2nonc12. The van der Waals surface area contributed by atoms with E-state index in [0.29, 0.717) is 32.7 Å². The Morgan fingerprint density at radius 3 is 2.74 bits per heavy atom. The molecular formula is C12H7BrFN3O2. The summed E-state index contributed by atoms with van der Waals surface area (Å²) in [5.41, 5.74) is 6.96. The van der Waals surface area contributed by atoms with Crippen molar-refractivity contribution in [2.45, 2.75) is 0 Å². The Morgan fingerprint density at radius 2 is 1.95 bits per heavy atom. The number of ether oxygens (including phenoxy) is 1. The number of halogens is 2. The average molecular weight is 324 g/mol. The summed E-state index contributed by atoms with van der Waals surface area (Å²) in [7, 11) is 0. The van der Waals surface area contributed by atoms with Crippen LogP contribution in [0.25, 0.3) is 11.0 Å². The van der Waals surface area contributed by atoms with Crippen LogP contribution in [0.15, 0.2) is 39.4 Å². The maximum absolute atomic E-state index is 13.4. The van der Waals surface area contributed by atoms with E-state index in [1.165, 1.54) is 6.07 Å². The third-order valence-corrected chi connectivity index (χ3v) is 3.17. The van der Waals surface area contributed by atoms with Gasteiger partial charge in [0.25, 0.3) is 0 Å². The quantitative estimate of drug-likeness (QED) is 0.730. The number of fused-ring (bicyclic) bond motifs is 1. The van der Waals surface area contributed by atoms with Gasteiger partial charge in [-0.3, -0.25) is 0 Å². The van der Waals surface area contributed by atoms with E-state index in [-0.39, 0.29) is 0 Å². The van der Waals surface area contributed by atoms with Crippen LogP contribution in [-0.4, -0.2) is 10.3 Å². The van der Waals surface area contributed by atoms with Crippen molar-refractivity contribution >= 4 is 32.7 Å². The lowest BCUT2D eigenvalue weighted by Gasteiger charge is -2.06. The molecule has 5 nitrogen and oxygen atoms in total. The summed E-state index contributed by atoms with van der Waals surface area (Å²) in [6, 6.07) is 7.70. The molecule has 0 radical (unpaired) electrons. The van der Waals surface area contributed by atoms with Crippen LogP contribution in [0.3, 0.4) is 0 Å². The predicted molar refractivity (Wildman–Crippen MR) is 70.4 cm³/mol. The number of nitrogens with zero attached hydrogens (tertiary/aromatic N) is 2. The van der Waals surface area contributed by atoms with Crippen molar-refractivity contribution in [3.05, 3.63) is 40.6 Å². The predicted octanol–water partition coefficient (Wildman–Crippen LogP) is 3.50. The van der Waals surface area contributed by atoms with Gasteiger partial charge in [0.2, 0.25) is 0 Å². The number of hydrogen-bond donors (Lipinski definition) is 1. The number of nitrogen functional groups attached to an aromatic ring is 1. The fourth-order valence-electron chi connectivity index (χ4n) is 1.61. The molecule has 0 aliphatic rings. The molecule has 1 aromatic heterocycles. The van der Waals surface area contributed by atoms with Gasteiger partial charge in [-0.05, 0) is 50.5 Å². The van der Waals surface area contributed by atoms with Gasteiger partial charge in [0.05, 0.1) is 10.2 Å². The number of anilines is 1. The molecule has 0 aliphatic heterocycles. The Hall–Kier alpha value is -2.15. The highest BCUT2D eigenvalue weighted by molar-refractivity contribution is 9.10. The maximum Gasteiger partial charge on any atom is 0.179 e. The summed E-state index contributed by atoms with van der Waals surface area (Å²) in [4.78, 5) is 0. The van der Waals surface area contributed by atoms with Gasteiger partial charge in [-0.2, -0.15) is 0 Å². The second kappa shape index (κ2) is 4.51. The van der Waals surface area contributed by atoms with E-state index in [1.54, 1.807) is 24.3 Å². The fourth-order valence-corrected chi connectivity index (χ4v) is 1.86. The monoisotopic (exact) mass is 323 g/mol. The highest BCUT2D eigenvalue weighted by atomic mass is 79.9. The number of rotatable bonds is 2. The summed E-state index contributed by atoms with van der Waals surface area (Å²) in [5, 5.41) is 7.40. The van der Waals surface area contributed by atoms with Crippen LogP contribution >= 0.6 is 15.9 Å². The molecule has 1 heterocycles. The minimum absolute atomic E-state index is 0.342. The van der Waals surface area contributed by atoms with E-state index < -0.39 is 5.82 Å². The van der Waals surface area contributed by atoms with Crippen LogP contribution < -0.4 is 10.5 Å². The zero-order chi connectivity index (χ0) is 13.4. The molecule has 7 heteroatoms. The average Bonchev–Trinajstić information content (AvgIpc) is 2.87. The number of benzene rings is 2. The highest BCUT2D eigenvalue weighted by Gasteiger charge is 2.12. The van der Waals surface area contributed by atoms with Crippen molar-refractivity contribution < 1.29 is 13.8 Å². The van der Waals surface area contributed by atoms with Crippen molar-refractivity contribution in [2.75, 3.05) is 5.73 Å². The van der Waals surface area contributed by atoms with Gasteiger partial charge in [-0.1, -0.05) is 0 Å². The molecule has 2 N–H and O–H groups in total. The molecule has 3 rings (SSSR count). The largest absolute Gasteiger partial charge is 0.455 e. The lowest BCUT2D eigenvalue weighted by Crippen LogP contribution is -1.91. The van der Waals surface area contributed by atoms with Gasteiger partial charge >= 0.3 is 0 Å². The smallest absolute Gasteiger partial charge is 0.179 e. The Bertz CT molecular complexity index is 760. The Morgan fingerprint density at radius 1 is 1.16 bits per heavy atom. The summed E-state index contributed by atoms with van der Waals surface area (Å²) < 4.78 is 24.0. The molecule has 0 amide bonds. The van der Waals surface area contributed by atoms with Crippen molar-refractivity contribution in [1.29, 1.82) is 0 Å². The molecule has 0 atom stereocenters. The zero-order valence-electron chi connectivity index (χ0n) is 9.43. The van der Waals surface area contributed by atoms with Gasteiger partial charge in [0.1, 0.15) is 11.6 Å². The van der Waals surface area contributed by atoms with E-state index in [0.717, 1.165) is 0 Å². The minimum atomic E-state index is -0.414. The zero-order valence-corrected chi connectivity index (χ0v) is 11.0. The first kappa shape index (κ1) is 11.9. The van der Waals surface area contributed by atoms with E-state index in [1.807, 2.05) is 0 Å². The molecule has 0 aliphatic carbocycles. The van der Waals surface area contributed by atoms with Crippen LogP contribution in [0.5, 0.6) is 11.5 Å². The van der Waals surface area contributed by atoms with Crippen LogP contribution in [0, 0.1) is 5.82 Å². The summed E-state index contributed by atoms with van der Waals surface area (Å²) >= 11 is 3.07. The molecule has 2 aromatic carbocycles. The molecule has 0 saturated carbocycles. The molecule has 19 heavy (non-hydrogen) atoms. The summed E-state index contributed by atoms with van der Waals surface area (Å²) in [6.45, 7) is 0. The van der Waals surface area contributed by atoms with Crippen LogP contribution in [-0.2, 0) is 0 Å². The van der Waals surface area contributed by atoms with Gasteiger partial charge in [0.15, 0.2) is 16.8 Å². The van der Waals surface area contributed by atoms with Crippen molar-refractivity contribution in [1.82, 2.24) is 10.3 Å². The molecule has 0 fully saturated rings. The van der Waals surface area contributed by atoms with E-state index in [2.05, 4.69) is 30.9 Å². The molecule has 0 bridgehead atoms. The second-order valence-electron chi connectivity index (χ2n) is 3.79. The van der Waals surface area contributed by atoms with Crippen LogP contribution in [0.4, 0.5) is 10.1 Å². The number of aromatic nitrogens is 2. The Balaban J connectivity index is 2.03. The standard InChI is InChI=1S/C12H7BrFN3O2/c13-7-2-1-6(5-8(7)14)18-10-4-3-9(15)11-12(10)17-19-16-11/h1-5H,15H2. The summed E-state index contributed by atoms with van der Waals surface area (Å²) in [5.74, 6) is 0.324. The topological polar surface area (TPSA) is 74.2 Å². The first-order chi connectivity index (χ1) is 9.15. The first-order valence-electron chi connectivity index (χ1n) is 5.29. The third kappa shape index (κ3) is 2.12. The molecule has 96 valence electrons. The third-order valence-electron chi connectivity index (χ3n) is 2.53. The highest BCUT2D eigenvalue weighted by Crippen LogP contribution is 2.32. The van der Waals surface area contributed by atoms with Gasteiger partial charge < -0.3 is 10.5 Å². The van der Waals surface area contributed by atoms with Crippen molar-refractivity contribution in [3.8, 4) is 11.5 Å². The van der Waals surface area contributed by atoms with Gasteiger partial charge in [0, 0.05) is 6.07 Å². The lowest BCUT2D eigenvalue weighted by atomic mass is 10.2. The summed E-state index contributed by atoms with van der Waals surface area (Å²) in [6.07, 6.45) is 0. The maximum atomic E-state index is 13.4. The fraction of sp³-hybridized carbons (Fsp3) is 0. The Labute approximate surface area is 115 Å². The first-order valence-corrected chi connectivity index (χ1v) is 6.08. The van der Waals surface area contributed by atoms with E-state index in [4.69, 9.17) is 10.5 Å². The minimum Gasteiger partial charge on any atom is -0.455 e. The van der Waals surface area contributed by atoms with E-state index in [9.17, 15) is 4.39 Å². The Kier molecular flexibility index (Phi) is 2.83. The van der Waals surface area contributed by atoms with Gasteiger partial charge in [-0.25, -0.2) is 9.02 Å². The molecule has 3 aromatic rings. The van der Waals surface area contributed by atoms with Crippen molar-refractivity contribution in [2.24, 2.45) is 0 Å². The molecule has 0 spiro atoms. The number of nitrogens with two attached hydrogens (primary N) is 1. The van der Waals surface area contributed by atoms with Crippen molar-refractivity contribution in [3.63, 3.8) is 0 Å². The van der Waals surface area contributed by atoms with Crippen LogP contribution in [0.1, 0.15) is 0 Å².